The lowest BCUT2D eigenvalue weighted by atomic mass is 10.0. The molecule has 8 heteroatoms. The quantitative estimate of drug-likeness (QED) is 0.664. The molecule has 0 saturated carbocycles. The summed E-state index contributed by atoms with van der Waals surface area (Å²) in [4.78, 5) is 18.8. The number of amides is 2. The molecule has 1 aliphatic rings. The summed E-state index contributed by atoms with van der Waals surface area (Å²) in [5.41, 5.74) is 4.82. The van der Waals surface area contributed by atoms with Crippen LogP contribution in [0.2, 0.25) is 0 Å². The topological polar surface area (TPSA) is 85.4 Å². The maximum Gasteiger partial charge on any atom is 0.317 e. The minimum absolute atomic E-state index is 0.0534. The monoisotopic (exact) mass is 395 g/mol. The number of aromatic nitrogens is 3. The predicted octanol–water partition coefficient (Wildman–Crippen LogP) is 2.49. The zero-order valence-corrected chi connectivity index (χ0v) is 16.5. The molecule has 3 heterocycles. The number of fused-ring (bicyclic) bond motifs is 1. The van der Waals surface area contributed by atoms with E-state index >= 15 is 0 Å². The van der Waals surface area contributed by atoms with Gasteiger partial charge in [0, 0.05) is 37.9 Å². The molecule has 2 aromatic heterocycles. The highest BCUT2D eigenvalue weighted by atomic mass is 16.5. The van der Waals surface area contributed by atoms with E-state index in [1.807, 2.05) is 27.8 Å². The summed E-state index contributed by atoms with van der Waals surface area (Å²) >= 11 is 0. The Morgan fingerprint density at radius 3 is 2.93 bits per heavy atom. The number of hydrogen-bond acceptors (Lipinski definition) is 5. The van der Waals surface area contributed by atoms with E-state index in [-0.39, 0.29) is 6.03 Å². The summed E-state index contributed by atoms with van der Waals surface area (Å²) < 4.78 is 12.3. The number of urea groups is 1. The molecule has 0 spiro atoms. The summed E-state index contributed by atoms with van der Waals surface area (Å²) in [6, 6.07) is 10.1. The number of hydrogen-bond donors (Lipinski definition) is 1. The molecule has 8 nitrogen and oxygen atoms in total. The van der Waals surface area contributed by atoms with Crippen LogP contribution in [0.25, 0.3) is 11.4 Å². The maximum absolute atomic E-state index is 12.7. The number of carbonyl (C=O) groups is 1. The van der Waals surface area contributed by atoms with Crippen LogP contribution in [0, 0.1) is 0 Å². The van der Waals surface area contributed by atoms with Gasteiger partial charge in [0.25, 0.3) is 0 Å². The van der Waals surface area contributed by atoms with Crippen molar-refractivity contribution >= 4 is 6.03 Å². The van der Waals surface area contributed by atoms with Crippen molar-refractivity contribution in [3.63, 3.8) is 0 Å². The highest BCUT2D eigenvalue weighted by molar-refractivity contribution is 5.75. The maximum atomic E-state index is 12.7. The molecular formula is C21H25N5O3. The Morgan fingerprint density at radius 2 is 2.17 bits per heavy atom. The Labute approximate surface area is 169 Å². The first-order chi connectivity index (χ1) is 14.3. The second kappa shape index (κ2) is 8.91. The van der Waals surface area contributed by atoms with E-state index in [0.717, 1.165) is 29.8 Å². The lowest BCUT2D eigenvalue weighted by Gasteiger charge is -2.28. The second-order valence-electron chi connectivity index (χ2n) is 7.00. The van der Waals surface area contributed by atoms with E-state index in [0.29, 0.717) is 38.5 Å². The molecule has 0 atom stereocenters. The van der Waals surface area contributed by atoms with Crippen molar-refractivity contribution < 1.29 is 13.9 Å². The molecular weight excluding hydrogens is 370 g/mol. The van der Waals surface area contributed by atoms with Gasteiger partial charge in [-0.15, -0.1) is 0 Å². The normalized spacial score (nSPS) is 13.3. The molecule has 0 saturated heterocycles. The third-order valence-corrected chi connectivity index (χ3v) is 5.14. The van der Waals surface area contributed by atoms with Gasteiger partial charge in [0.1, 0.15) is 17.7 Å². The molecule has 4 rings (SSSR count). The number of benzene rings is 1. The fourth-order valence-electron chi connectivity index (χ4n) is 3.63. The van der Waals surface area contributed by atoms with Crippen LogP contribution in [0.15, 0.2) is 47.4 Å². The highest BCUT2D eigenvalue weighted by Crippen LogP contribution is 2.29. The van der Waals surface area contributed by atoms with Crippen LogP contribution in [0.4, 0.5) is 4.79 Å². The summed E-state index contributed by atoms with van der Waals surface area (Å²) in [5.74, 6) is 0. The number of rotatable bonds is 7. The molecule has 3 aromatic rings. The van der Waals surface area contributed by atoms with E-state index in [4.69, 9.17) is 14.3 Å². The summed E-state index contributed by atoms with van der Waals surface area (Å²) in [6.07, 6.45) is 4.54. The van der Waals surface area contributed by atoms with Gasteiger partial charge in [0.2, 0.25) is 0 Å². The zero-order chi connectivity index (χ0) is 20.1. The van der Waals surface area contributed by atoms with E-state index in [1.165, 1.54) is 12.0 Å². The van der Waals surface area contributed by atoms with Gasteiger partial charge in [-0.05, 0) is 12.0 Å². The van der Waals surface area contributed by atoms with Crippen LogP contribution < -0.4 is 5.32 Å². The zero-order valence-electron chi connectivity index (χ0n) is 16.5. The molecule has 2 amide bonds. The first-order valence-corrected chi connectivity index (χ1v) is 9.79. The van der Waals surface area contributed by atoms with Crippen LogP contribution in [0.3, 0.4) is 0 Å². The van der Waals surface area contributed by atoms with Gasteiger partial charge in [-0.25, -0.2) is 9.78 Å². The first kappa shape index (κ1) is 19.2. The lowest BCUT2D eigenvalue weighted by Crippen LogP contribution is -2.43. The van der Waals surface area contributed by atoms with Gasteiger partial charge in [0.15, 0.2) is 6.39 Å². The van der Waals surface area contributed by atoms with Crippen LogP contribution in [0.1, 0.15) is 16.8 Å². The molecule has 1 aromatic carbocycles. The van der Waals surface area contributed by atoms with Gasteiger partial charge >= 0.3 is 6.03 Å². The Bertz CT molecular complexity index is 937. The van der Waals surface area contributed by atoms with E-state index in [1.54, 1.807) is 13.4 Å². The Kier molecular flexibility index (Phi) is 5.90. The molecule has 0 bridgehead atoms. The van der Waals surface area contributed by atoms with E-state index in [2.05, 4.69) is 22.4 Å². The Morgan fingerprint density at radius 1 is 1.31 bits per heavy atom. The van der Waals surface area contributed by atoms with E-state index in [9.17, 15) is 4.79 Å². The van der Waals surface area contributed by atoms with Crippen LogP contribution in [0.5, 0.6) is 0 Å². The SMILES string of the molecule is COCCn1nc(-c2cocn2)c2c1CCN(C(=O)NCCc1ccccc1)C2. The van der Waals surface area contributed by atoms with Crippen molar-refractivity contribution in [2.75, 3.05) is 26.8 Å². The number of nitrogens with zero attached hydrogens (tertiary/aromatic N) is 4. The third kappa shape index (κ3) is 4.32. The fourth-order valence-corrected chi connectivity index (χ4v) is 3.63. The smallest absolute Gasteiger partial charge is 0.317 e. The van der Waals surface area contributed by atoms with Crippen molar-refractivity contribution in [3.05, 3.63) is 59.8 Å². The number of ether oxygens (including phenoxy) is 1. The van der Waals surface area contributed by atoms with Gasteiger partial charge in [0.05, 0.1) is 19.7 Å². The molecule has 0 aliphatic carbocycles. The minimum atomic E-state index is -0.0534. The predicted molar refractivity (Wildman–Crippen MR) is 107 cm³/mol. The molecule has 152 valence electrons. The average molecular weight is 395 g/mol. The van der Waals surface area contributed by atoms with Crippen molar-refractivity contribution in [1.82, 2.24) is 25.0 Å². The molecule has 29 heavy (non-hydrogen) atoms. The molecule has 1 N–H and O–H groups in total. The number of nitrogens with one attached hydrogen (secondary N) is 1. The molecule has 1 aliphatic heterocycles. The van der Waals surface area contributed by atoms with Gasteiger partial charge in [-0.3, -0.25) is 4.68 Å². The van der Waals surface area contributed by atoms with Crippen LogP contribution >= 0.6 is 0 Å². The van der Waals surface area contributed by atoms with Gasteiger partial charge in [-0.2, -0.15) is 5.10 Å². The fraction of sp³-hybridized carbons (Fsp3) is 0.381. The van der Waals surface area contributed by atoms with Crippen molar-refractivity contribution in [1.29, 1.82) is 0 Å². The first-order valence-electron chi connectivity index (χ1n) is 9.79. The van der Waals surface area contributed by atoms with Gasteiger partial charge in [-0.1, -0.05) is 30.3 Å². The largest absolute Gasteiger partial charge is 0.451 e. The Hall–Kier alpha value is -3.13. The second-order valence-corrected chi connectivity index (χ2v) is 7.00. The summed E-state index contributed by atoms with van der Waals surface area (Å²) in [5, 5.41) is 7.76. The number of methoxy groups -OCH3 is 1. The van der Waals surface area contributed by atoms with Gasteiger partial charge < -0.3 is 19.4 Å². The molecule has 0 radical (unpaired) electrons. The third-order valence-electron chi connectivity index (χ3n) is 5.14. The number of carbonyl (C=O) groups excluding carboxylic acids is 1. The van der Waals surface area contributed by atoms with Crippen molar-refractivity contribution in [2.45, 2.75) is 25.9 Å². The van der Waals surface area contributed by atoms with E-state index < -0.39 is 0 Å². The highest BCUT2D eigenvalue weighted by Gasteiger charge is 2.28. The van der Waals surface area contributed by atoms with Crippen molar-refractivity contribution in [2.24, 2.45) is 0 Å². The summed E-state index contributed by atoms with van der Waals surface area (Å²) in [7, 11) is 1.68. The minimum Gasteiger partial charge on any atom is -0.451 e. The van der Waals surface area contributed by atoms with Crippen molar-refractivity contribution in [3.8, 4) is 11.4 Å². The molecule has 0 unspecified atom stereocenters. The number of oxazole rings is 1. The van der Waals surface area contributed by atoms with Crippen LogP contribution in [-0.4, -0.2) is 52.5 Å². The van der Waals surface area contributed by atoms with Crippen LogP contribution in [-0.2, 0) is 30.7 Å². The Balaban J connectivity index is 1.45. The summed E-state index contributed by atoms with van der Waals surface area (Å²) in [6.45, 7) is 3.01. The lowest BCUT2D eigenvalue weighted by molar-refractivity contribution is 0.179. The molecule has 0 fully saturated rings. The standard InChI is InChI=1S/C21H25N5O3/c1-28-12-11-26-19-8-10-25(13-17(19)20(24-26)18-14-29-15-23-18)21(27)22-9-7-16-5-3-2-4-6-16/h2-6,14-15H,7-13H2,1H3,(H,22,27). The average Bonchev–Trinajstić information content (AvgIpc) is 3.40.